The lowest BCUT2D eigenvalue weighted by Crippen LogP contribution is -1.97. The number of rotatable bonds is 1. The minimum absolute atomic E-state index is 0.780. The largest absolute Gasteiger partial charge is 0.323 e. The smallest absolute Gasteiger partial charge is 0.223 e. The van der Waals surface area contributed by atoms with Gasteiger partial charge >= 0.3 is 0 Å². The van der Waals surface area contributed by atoms with Crippen molar-refractivity contribution in [2.45, 2.75) is 0 Å². The van der Waals surface area contributed by atoms with Gasteiger partial charge in [0.25, 0.3) is 0 Å². The Labute approximate surface area is 142 Å². The number of nitrogens with one attached hydrogen (secondary N) is 1. The Morgan fingerprint density at radius 2 is 1.32 bits per heavy atom. The van der Waals surface area contributed by atoms with Gasteiger partial charge in [-0.25, -0.2) is 14.5 Å². The lowest BCUT2D eigenvalue weighted by molar-refractivity contribution is 1.02. The van der Waals surface area contributed by atoms with Crippen molar-refractivity contribution in [1.29, 1.82) is 0 Å². The Morgan fingerprint density at radius 1 is 0.640 bits per heavy atom. The number of aromatic nitrogens is 5. The van der Waals surface area contributed by atoms with Crippen LogP contribution in [0.1, 0.15) is 0 Å². The average molecular weight is 323 g/mol. The molecule has 25 heavy (non-hydrogen) atoms. The molecule has 0 bridgehead atoms. The van der Waals surface area contributed by atoms with Crippen LogP contribution in [-0.2, 0) is 0 Å². The first-order valence-electron chi connectivity index (χ1n) is 8.22. The number of benzene rings is 3. The molecule has 6 aromatic rings. The minimum atomic E-state index is 0.780. The lowest BCUT2D eigenvalue weighted by Gasteiger charge is -1.99. The quantitative estimate of drug-likeness (QED) is 0.490. The minimum Gasteiger partial charge on any atom is -0.323 e. The van der Waals surface area contributed by atoms with Gasteiger partial charge in [-0.15, -0.1) is 0 Å². The van der Waals surface area contributed by atoms with Crippen LogP contribution in [-0.4, -0.2) is 23.9 Å². The summed E-state index contributed by atoms with van der Waals surface area (Å²) in [5, 5.41) is 0. The van der Waals surface area contributed by atoms with Crippen LogP contribution in [0.15, 0.2) is 72.8 Å². The highest BCUT2D eigenvalue weighted by Crippen LogP contribution is 2.28. The van der Waals surface area contributed by atoms with Crippen molar-refractivity contribution in [3.05, 3.63) is 72.8 Å². The molecule has 0 atom stereocenters. The van der Waals surface area contributed by atoms with E-state index in [2.05, 4.69) is 38.2 Å². The Balaban J connectivity index is 1.83. The van der Waals surface area contributed by atoms with Gasteiger partial charge in [0, 0.05) is 0 Å². The molecule has 0 fully saturated rings. The molecule has 3 aromatic heterocycles. The fourth-order valence-electron chi connectivity index (χ4n) is 3.60. The monoisotopic (exact) mass is 323 g/mol. The van der Waals surface area contributed by atoms with Gasteiger partial charge in [-0.3, -0.25) is 4.40 Å². The number of imidazole rings is 3. The van der Waals surface area contributed by atoms with Gasteiger partial charge in [0.2, 0.25) is 11.7 Å². The molecule has 0 aliphatic heterocycles. The van der Waals surface area contributed by atoms with Gasteiger partial charge in [0.05, 0.1) is 33.1 Å². The fourth-order valence-corrected chi connectivity index (χ4v) is 3.60. The first-order chi connectivity index (χ1) is 12.4. The summed E-state index contributed by atoms with van der Waals surface area (Å²) in [7, 11) is 0. The summed E-state index contributed by atoms with van der Waals surface area (Å²) >= 11 is 0. The molecule has 0 unspecified atom stereocenters. The zero-order chi connectivity index (χ0) is 16.4. The van der Waals surface area contributed by atoms with Gasteiger partial charge in [0.1, 0.15) is 0 Å². The second-order valence-electron chi connectivity index (χ2n) is 6.14. The first kappa shape index (κ1) is 12.8. The Bertz CT molecular complexity index is 1370. The molecule has 0 saturated heterocycles. The van der Waals surface area contributed by atoms with Crippen LogP contribution in [0.5, 0.6) is 0 Å². The maximum Gasteiger partial charge on any atom is 0.223 e. The summed E-state index contributed by atoms with van der Waals surface area (Å²) in [6.45, 7) is 0. The Kier molecular flexibility index (Phi) is 2.29. The van der Waals surface area contributed by atoms with Crippen molar-refractivity contribution >= 4 is 38.9 Å². The number of H-pyrrole nitrogens is 1. The maximum absolute atomic E-state index is 4.86. The molecule has 0 aliphatic rings. The number of fused-ring (bicyclic) bond motifs is 6. The van der Waals surface area contributed by atoms with Gasteiger partial charge in [-0.05, 0) is 36.4 Å². The Morgan fingerprint density at radius 3 is 2.16 bits per heavy atom. The highest BCUT2D eigenvalue weighted by molar-refractivity contribution is 5.92. The van der Waals surface area contributed by atoms with Crippen molar-refractivity contribution in [2.24, 2.45) is 0 Å². The van der Waals surface area contributed by atoms with Crippen molar-refractivity contribution in [3.8, 4) is 5.95 Å². The summed E-state index contributed by atoms with van der Waals surface area (Å²) in [6, 6.07) is 24.6. The van der Waals surface area contributed by atoms with Crippen LogP contribution in [0, 0.1) is 0 Å². The van der Waals surface area contributed by atoms with Crippen LogP contribution >= 0.6 is 0 Å². The highest BCUT2D eigenvalue weighted by Gasteiger charge is 2.18. The second kappa shape index (κ2) is 4.48. The fraction of sp³-hybridized carbons (Fsp3) is 0. The molecular weight excluding hydrogens is 310 g/mol. The molecule has 118 valence electrons. The van der Waals surface area contributed by atoms with E-state index in [-0.39, 0.29) is 0 Å². The SMILES string of the molecule is c1ccc2[nH]c(-n3c4ccccc4n4c5ccccc5nc34)nc2c1. The molecule has 0 saturated carbocycles. The summed E-state index contributed by atoms with van der Waals surface area (Å²) in [4.78, 5) is 13.1. The average Bonchev–Trinajstić information content (AvgIpc) is 3.31. The van der Waals surface area contributed by atoms with Crippen molar-refractivity contribution in [1.82, 2.24) is 23.9 Å². The lowest BCUT2D eigenvalue weighted by atomic mass is 10.3. The maximum atomic E-state index is 4.86. The third kappa shape index (κ3) is 1.61. The molecule has 5 nitrogen and oxygen atoms in total. The number of nitrogens with zero attached hydrogens (tertiary/aromatic N) is 4. The van der Waals surface area contributed by atoms with Crippen molar-refractivity contribution < 1.29 is 0 Å². The second-order valence-corrected chi connectivity index (χ2v) is 6.14. The molecule has 0 amide bonds. The number of para-hydroxylation sites is 6. The predicted octanol–water partition coefficient (Wildman–Crippen LogP) is 4.31. The van der Waals surface area contributed by atoms with E-state index < -0.39 is 0 Å². The zero-order valence-electron chi connectivity index (χ0n) is 13.2. The van der Waals surface area contributed by atoms with Crippen molar-refractivity contribution in [2.75, 3.05) is 0 Å². The summed E-state index contributed by atoms with van der Waals surface area (Å²) < 4.78 is 4.28. The van der Waals surface area contributed by atoms with Crippen LogP contribution < -0.4 is 0 Å². The normalized spacial score (nSPS) is 12.0. The first-order valence-corrected chi connectivity index (χ1v) is 8.22. The Hall–Kier alpha value is -3.60. The van der Waals surface area contributed by atoms with E-state index in [1.54, 1.807) is 0 Å². The van der Waals surface area contributed by atoms with Crippen LogP contribution in [0.3, 0.4) is 0 Å². The van der Waals surface area contributed by atoms with Gasteiger partial charge in [-0.2, -0.15) is 0 Å². The van der Waals surface area contributed by atoms with E-state index in [0.29, 0.717) is 0 Å². The molecule has 0 spiro atoms. The number of aromatic amines is 1. The molecule has 5 heteroatoms. The van der Waals surface area contributed by atoms with Gasteiger partial charge in [-0.1, -0.05) is 36.4 Å². The molecule has 3 heterocycles. The van der Waals surface area contributed by atoms with Crippen LogP contribution in [0.4, 0.5) is 0 Å². The molecule has 6 rings (SSSR count). The van der Waals surface area contributed by atoms with Crippen molar-refractivity contribution in [3.63, 3.8) is 0 Å². The molecule has 0 radical (unpaired) electrons. The molecule has 3 aromatic carbocycles. The molecule has 1 N–H and O–H groups in total. The van der Waals surface area contributed by atoms with E-state index in [0.717, 1.165) is 44.8 Å². The van der Waals surface area contributed by atoms with E-state index in [1.807, 2.05) is 48.5 Å². The topological polar surface area (TPSA) is 50.9 Å². The summed E-state index contributed by atoms with van der Waals surface area (Å²) in [5.74, 6) is 1.64. The zero-order valence-corrected chi connectivity index (χ0v) is 13.2. The number of hydrogen-bond donors (Lipinski definition) is 1. The number of hydrogen-bond acceptors (Lipinski definition) is 2. The molecule has 0 aliphatic carbocycles. The standard InChI is InChI=1S/C20H13N5/c1-2-8-14-13(7-1)21-19(22-14)25-18-12-6-5-11-17(18)24-16-10-4-3-9-15(16)23-20(24)25/h1-12H,(H,21,22). The van der Waals surface area contributed by atoms with E-state index in [4.69, 9.17) is 9.97 Å². The van der Waals surface area contributed by atoms with E-state index >= 15 is 0 Å². The third-order valence-corrected chi connectivity index (χ3v) is 4.70. The van der Waals surface area contributed by atoms with Crippen LogP contribution in [0.25, 0.3) is 44.8 Å². The highest BCUT2D eigenvalue weighted by atomic mass is 15.3. The molecular formula is C20H13N5. The van der Waals surface area contributed by atoms with Gasteiger partial charge < -0.3 is 4.98 Å². The van der Waals surface area contributed by atoms with E-state index in [1.165, 1.54) is 0 Å². The van der Waals surface area contributed by atoms with E-state index in [9.17, 15) is 0 Å². The third-order valence-electron chi connectivity index (χ3n) is 4.70. The van der Waals surface area contributed by atoms with Crippen LogP contribution in [0.2, 0.25) is 0 Å². The summed E-state index contributed by atoms with van der Waals surface area (Å²) in [6.07, 6.45) is 0. The van der Waals surface area contributed by atoms with Gasteiger partial charge in [0.15, 0.2) is 0 Å². The predicted molar refractivity (Wildman–Crippen MR) is 99.2 cm³/mol. The summed E-state index contributed by atoms with van der Waals surface area (Å²) in [5.41, 5.74) is 6.24.